The van der Waals surface area contributed by atoms with E-state index in [9.17, 15) is 4.79 Å². The van der Waals surface area contributed by atoms with E-state index < -0.39 is 0 Å². The maximum absolute atomic E-state index is 11.4. The number of nitrogens with two attached hydrogens (primary N) is 1. The lowest BCUT2D eigenvalue weighted by Gasteiger charge is -2.04. The van der Waals surface area contributed by atoms with E-state index >= 15 is 0 Å². The lowest BCUT2D eigenvalue weighted by molar-refractivity contribution is -0.116. The quantitative estimate of drug-likeness (QED) is 0.583. The summed E-state index contributed by atoms with van der Waals surface area (Å²) in [6.45, 7) is 0. The second-order valence-corrected chi connectivity index (χ2v) is 3.43. The van der Waals surface area contributed by atoms with E-state index in [-0.39, 0.29) is 5.91 Å². The number of amides is 1. The Morgan fingerprint density at radius 3 is 2.94 bits per heavy atom. The fourth-order valence-electron chi connectivity index (χ4n) is 1.22. The number of hydrogen-bond acceptors (Lipinski definition) is 3. The highest BCUT2D eigenvalue weighted by atomic mass is 16.1. The molecule has 1 aromatic rings. The third-order valence-corrected chi connectivity index (χ3v) is 2.05. The van der Waals surface area contributed by atoms with Gasteiger partial charge in [0.25, 0.3) is 0 Å². The van der Waals surface area contributed by atoms with Crippen LogP contribution in [-0.2, 0) is 4.79 Å². The molecule has 4 nitrogen and oxygen atoms in total. The van der Waals surface area contributed by atoms with Crippen molar-refractivity contribution < 1.29 is 4.79 Å². The summed E-state index contributed by atoms with van der Waals surface area (Å²) in [5.74, 6) is 2.95. The van der Waals surface area contributed by atoms with Crippen LogP contribution in [0.4, 0.5) is 11.5 Å². The molecule has 1 heterocycles. The van der Waals surface area contributed by atoms with Crippen molar-refractivity contribution in [2.45, 2.75) is 25.7 Å². The molecule has 0 aliphatic rings. The number of hydrogen-bond donors (Lipinski definition) is 2. The first-order chi connectivity index (χ1) is 7.72. The number of unbranched alkanes of at least 4 members (excludes halogenated alkanes) is 2. The number of nitrogens with one attached hydrogen (secondary N) is 1. The Bertz CT molecular complexity index is 378. The Labute approximate surface area is 95.3 Å². The Balaban J connectivity index is 2.29. The third-order valence-electron chi connectivity index (χ3n) is 2.05. The molecule has 0 aliphatic heterocycles. The van der Waals surface area contributed by atoms with Crippen molar-refractivity contribution >= 4 is 17.4 Å². The summed E-state index contributed by atoms with van der Waals surface area (Å²) in [6.07, 6.45) is 9.53. The Morgan fingerprint density at radius 2 is 2.31 bits per heavy atom. The lowest BCUT2D eigenvalue weighted by atomic mass is 10.2. The first-order valence-corrected chi connectivity index (χ1v) is 5.17. The maximum Gasteiger partial charge on any atom is 0.224 e. The number of pyridine rings is 1. The van der Waals surface area contributed by atoms with Gasteiger partial charge in [-0.3, -0.25) is 4.79 Å². The maximum atomic E-state index is 11.4. The smallest absolute Gasteiger partial charge is 0.224 e. The fraction of sp³-hybridized carbons (Fsp3) is 0.333. The number of rotatable bonds is 5. The lowest BCUT2D eigenvalue weighted by Crippen LogP contribution is -2.11. The molecule has 4 heteroatoms. The molecule has 0 saturated carbocycles. The van der Waals surface area contributed by atoms with Crippen LogP contribution in [0.5, 0.6) is 0 Å². The number of nitrogen functional groups attached to an aromatic ring is 1. The molecule has 0 saturated heterocycles. The van der Waals surface area contributed by atoms with Crippen LogP contribution in [-0.4, -0.2) is 10.9 Å². The summed E-state index contributed by atoms with van der Waals surface area (Å²) in [5.41, 5.74) is 6.09. The Morgan fingerprint density at radius 1 is 1.50 bits per heavy atom. The van der Waals surface area contributed by atoms with Gasteiger partial charge in [0.1, 0.15) is 5.82 Å². The van der Waals surface area contributed by atoms with Crippen LogP contribution >= 0.6 is 0 Å². The fourth-order valence-corrected chi connectivity index (χ4v) is 1.22. The van der Waals surface area contributed by atoms with Gasteiger partial charge in [0, 0.05) is 12.8 Å². The monoisotopic (exact) mass is 217 g/mol. The topological polar surface area (TPSA) is 68.0 Å². The van der Waals surface area contributed by atoms with Gasteiger partial charge < -0.3 is 11.1 Å². The third kappa shape index (κ3) is 4.47. The first kappa shape index (κ1) is 12.1. The van der Waals surface area contributed by atoms with Crippen molar-refractivity contribution in [2.24, 2.45) is 0 Å². The molecular weight excluding hydrogens is 202 g/mol. The molecule has 0 spiro atoms. The average molecular weight is 217 g/mol. The van der Waals surface area contributed by atoms with E-state index in [0.717, 1.165) is 19.3 Å². The Hall–Kier alpha value is -2.02. The molecule has 0 unspecified atom stereocenters. The van der Waals surface area contributed by atoms with Crippen molar-refractivity contribution in [1.82, 2.24) is 4.98 Å². The number of carbonyl (C=O) groups excluding carboxylic acids is 1. The molecule has 1 amide bonds. The zero-order chi connectivity index (χ0) is 11.8. The van der Waals surface area contributed by atoms with Crippen molar-refractivity contribution in [1.29, 1.82) is 0 Å². The van der Waals surface area contributed by atoms with Crippen LogP contribution in [0.25, 0.3) is 0 Å². The van der Waals surface area contributed by atoms with Gasteiger partial charge in [-0.15, -0.1) is 12.3 Å². The van der Waals surface area contributed by atoms with Gasteiger partial charge in [-0.2, -0.15) is 0 Å². The molecule has 0 aromatic carbocycles. The summed E-state index contributed by atoms with van der Waals surface area (Å²) in [4.78, 5) is 15.3. The van der Waals surface area contributed by atoms with Crippen LogP contribution in [0.1, 0.15) is 25.7 Å². The summed E-state index contributed by atoms with van der Waals surface area (Å²) in [5, 5.41) is 2.74. The van der Waals surface area contributed by atoms with E-state index in [0.29, 0.717) is 17.9 Å². The Kier molecular flexibility index (Phi) is 4.87. The normalized spacial score (nSPS) is 9.44. The van der Waals surface area contributed by atoms with E-state index in [1.54, 1.807) is 12.1 Å². The van der Waals surface area contributed by atoms with Crippen molar-refractivity contribution in [2.75, 3.05) is 11.1 Å². The summed E-state index contributed by atoms with van der Waals surface area (Å²) in [7, 11) is 0. The number of nitrogens with zero attached hydrogens (tertiary/aromatic N) is 1. The van der Waals surface area contributed by atoms with Gasteiger partial charge in [-0.25, -0.2) is 4.98 Å². The molecule has 1 aromatic heterocycles. The predicted molar refractivity (Wildman–Crippen MR) is 64.6 cm³/mol. The molecule has 0 radical (unpaired) electrons. The van der Waals surface area contributed by atoms with E-state index in [1.807, 2.05) is 0 Å². The minimum absolute atomic E-state index is 0.0245. The van der Waals surface area contributed by atoms with Gasteiger partial charge in [-0.05, 0) is 25.0 Å². The second kappa shape index (κ2) is 6.46. The van der Waals surface area contributed by atoms with Crippen molar-refractivity contribution in [3.05, 3.63) is 18.3 Å². The minimum Gasteiger partial charge on any atom is -0.384 e. The molecule has 16 heavy (non-hydrogen) atoms. The molecule has 0 bridgehead atoms. The highest BCUT2D eigenvalue weighted by molar-refractivity contribution is 5.90. The van der Waals surface area contributed by atoms with Crippen LogP contribution in [0.15, 0.2) is 18.3 Å². The number of aromatic nitrogens is 1. The van der Waals surface area contributed by atoms with Gasteiger partial charge in [0.05, 0.1) is 11.9 Å². The molecule has 0 aliphatic carbocycles. The van der Waals surface area contributed by atoms with Gasteiger partial charge >= 0.3 is 0 Å². The molecule has 84 valence electrons. The van der Waals surface area contributed by atoms with Crippen LogP contribution in [0.3, 0.4) is 0 Å². The minimum atomic E-state index is -0.0245. The van der Waals surface area contributed by atoms with E-state index in [4.69, 9.17) is 12.2 Å². The van der Waals surface area contributed by atoms with Crippen molar-refractivity contribution in [3.8, 4) is 12.3 Å². The highest BCUT2D eigenvalue weighted by Crippen LogP contribution is 2.08. The molecule has 0 fully saturated rings. The number of carbonyl (C=O) groups is 1. The van der Waals surface area contributed by atoms with Crippen LogP contribution in [0, 0.1) is 12.3 Å². The molecule has 3 N–H and O–H groups in total. The molecule has 1 rings (SSSR count). The number of terminal acetylenes is 1. The van der Waals surface area contributed by atoms with Gasteiger partial charge in [0.2, 0.25) is 5.91 Å². The van der Waals surface area contributed by atoms with Crippen LogP contribution in [0.2, 0.25) is 0 Å². The second-order valence-electron chi connectivity index (χ2n) is 3.43. The standard InChI is InChI=1S/C12H15N3O/c1-2-3-4-5-6-12(16)15-10-7-8-11(13)14-9-10/h1,7-9H,3-6H2,(H2,13,14)(H,15,16). The predicted octanol–water partition coefficient (Wildman–Crippen LogP) is 1.80. The van der Waals surface area contributed by atoms with Gasteiger partial charge in [0.15, 0.2) is 0 Å². The number of anilines is 2. The molecular formula is C12H15N3O. The zero-order valence-electron chi connectivity index (χ0n) is 9.07. The average Bonchev–Trinajstić information content (AvgIpc) is 2.28. The largest absolute Gasteiger partial charge is 0.384 e. The summed E-state index contributed by atoms with van der Waals surface area (Å²) in [6, 6.07) is 3.37. The highest BCUT2D eigenvalue weighted by Gasteiger charge is 2.01. The van der Waals surface area contributed by atoms with E-state index in [1.165, 1.54) is 6.20 Å². The zero-order valence-corrected chi connectivity index (χ0v) is 9.07. The van der Waals surface area contributed by atoms with E-state index in [2.05, 4.69) is 16.2 Å². The van der Waals surface area contributed by atoms with Crippen LogP contribution < -0.4 is 11.1 Å². The van der Waals surface area contributed by atoms with Gasteiger partial charge in [-0.1, -0.05) is 0 Å². The summed E-state index contributed by atoms with van der Waals surface area (Å²) >= 11 is 0. The summed E-state index contributed by atoms with van der Waals surface area (Å²) < 4.78 is 0. The van der Waals surface area contributed by atoms with Crippen molar-refractivity contribution in [3.63, 3.8) is 0 Å². The SMILES string of the molecule is C#CCCCCC(=O)Nc1ccc(N)nc1. The first-order valence-electron chi connectivity index (χ1n) is 5.17. The molecule has 0 atom stereocenters.